The number of fused-ring (bicyclic) bond motifs is 1. The molecular weight excluding hydrogens is 314 g/mol. The molecule has 5 nitrogen and oxygen atoms in total. The Labute approximate surface area is 148 Å². The Morgan fingerprint density at radius 3 is 2.80 bits per heavy atom. The highest BCUT2D eigenvalue weighted by Crippen LogP contribution is 2.29. The standard InChI is InChI=1S/C20H25N3O2/c24-19-13-16(14-23(19)17-6-2-3-7-17)20(25)21-10-12-22-11-9-15-5-1-4-8-18(15)22/h1,4-5,8-9,11,16-17H,2-3,6-7,10,12-14H2,(H,21,25). The molecule has 2 heterocycles. The van der Waals surface area contributed by atoms with Gasteiger partial charge in [-0.15, -0.1) is 0 Å². The topological polar surface area (TPSA) is 54.3 Å². The lowest BCUT2D eigenvalue weighted by Crippen LogP contribution is -2.37. The number of nitrogens with one attached hydrogen (secondary N) is 1. The number of hydrogen-bond donors (Lipinski definition) is 1. The average molecular weight is 339 g/mol. The van der Waals surface area contributed by atoms with Gasteiger partial charge in [-0.05, 0) is 30.4 Å². The van der Waals surface area contributed by atoms with Gasteiger partial charge in [-0.3, -0.25) is 9.59 Å². The van der Waals surface area contributed by atoms with Crippen LogP contribution in [-0.2, 0) is 16.1 Å². The second-order valence-electron chi connectivity index (χ2n) is 7.24. The summed E-state index contributed by atoms with van der Waals surface area (Å²) < 4.78 is 2.15. The van der Waals surface area contributed by atoms with Crippen LogP contribution in [0.15, 0.2) is 36.5 Å². The number of nitrogens with zero attached hydrogens (tertiary/aromatic N) is 2. The van der Waals surface area contributed by atoms with Crippen molar-refractivity contribution in [2.24, 2.45) is 5.92 Å². The van der Waals surface area contributed by atoms with Crippen LogP contribution in [0.25, 0.3) is 10.9 Å². The van der Waals surface area contributed by atoms with E-state index in [4.69, 9.17) is 0 Å². The van der Waals surface area contributed by atoms with Crippen LogP contribution in [-0.4, -0.2) is 40.4 Å². The zero-order valence-corrected chi connectivity index (χ0v) is 14.5. The predicted octanol–water partition coefficient (Wildman–Crippen LogP) is 2.55. The molecule has 1 unspecified atom stereocenters. The first-order valence-electron chi connectivity index (χ1n) is 9.33. The molecule has 5 heteroatoms. The number of likely N-dealkylation sites (tertiary alicyclic amines) is 1. The van der Waals surface area contributed by atoms with Crippen molar-refractivity contribution >= 4 is 22.7 Å². The highest BCUT2D eigenvalue weighted by Gasteiger charge is 2.38. The number of carbonyl (C=O) groups excluding carboxylic acids is 2. The zero-order valence-electron chi connectivity index (χ0n) is 14.5. The minimum atomic E-state index is -0.186. The van der Waals surface area contributed by atoms with E-state index in [-0.39, 0.29) is 17.7 Å². The number of benzene rings is 1. The Kier molecular flexibility index (Phi) is 4.47. The molecule has 2 amide bonds. The zero-order chi connectivity index (χ0) is 17.2. The van der Waals surface area contributed by atoms with E-state index in [0.29, 0.717) is 25.6 Å². The molecule has 1 saturated carbocycles. The van der Waals surface area contributed by atoms with Crippen molar-refractivity contribution in [3.05, 3.63) is 36.5 Å². The number of carbonyl (C=O) groups is 2. The van der Waals surface area contributed by atoms with Crippen molar-refractivity contribution < 1.29 is 9.59 Å². The first kappa shape index (κ1) is 16.2. The number of aromatic nitrogens is 1. The summed E-state index contributed by atoms with van der Waals surface area (Å²) in [5.41, 5.74) is 1.18. The minimum absolute atomic E-state index is 0.0188. The van der Waals surface area contributed by atoms with Crippen LogP contribution in [0.3, 0.4) is 0 Å². The minimum Gasteiger partial charge on any atom is -0.354 e. The molecule has 2 aromatic rings. The molecule has 0 bridgehead atoms. The van der Waals surface area contributed by atoms with Crippen molar-refractivity contribution in [3.63, 3.8) is 0 Å². The first-order valence-corrected chi connectivity index (χ1v) is 9.33. The van der Waals surface area contributed by atoms with Gasteiger partial charge in [0.25, 0.3) is 0 Å². The number of hydrogen-bond acceptors (Lipinski definition) is 2. The van der Waals surface area contributed by atoms with Gasteiger partial charge in [0.05, 0.1) is 5.92 Å². The highest BCUT2D eigenvalue weighted by atomic mass is 16.2. The molecule has 2 aliphatic rings. The fourth-order valence-corrected chi connectivity index (χ4v) is 4.26. The molecule has 1 N–H and O–H groups in total. The summed E-state index contributed by atoms with van der Waals surface area (Å²) >= 11 is 0. The normalized spacial score (nSPS) is 21.4. The van der Waals surface area contributed by atoms with Crippen LogP contribution >= 0.6 is 0 Å². The molecule has 1 aromatic carbocycles. The van der Waals surface area contributed by atoms with Crippen molar-refractivity contribution in [3.8, 4) is 0 Å². The van der Waals surface area contributed by atoms with Crippen molar-refractivity contribution in [2.75, 3.05) is 13.1 Å². The van der Waals surface area contributed by atoms with Crippen molar-refractivity contribution in [1.82, 2.24) is 14.8 Å². The third-order valence-corrected chi connectivity index (χ3v) is 5.63. The molecule has 0 radical (unpaired) electrons. The third-order valence-electron chi connectivity index (χ3n) is 5.63. The molecule has 1 aliphatic heterocycles. The van der Waals surface area contributed by atoms with Gasteiger partial charge in [-0.25, -0.2) is 0 Å². The molecule has 2 fully saturated rings. The second-order valence-corrected chi connectivity index (χ2v) is 7.24. The van der Waals surface area contributed by atoms with Crippen molar-refractivity contribution in [1.29, 1.82) is 0 Å². The molecule has 4 rings (SSSR count). The number of rotatable bonds is 5. The summed E-state index contributed by atoms with van der Waals surface area (Å²) in [6, 6.07) is 10.7. The van der Waals surface area contributed by atoms with Crippen LogP contribution in [0.2, 0.25) is 0 Å². The Bertz CT molecular complexity index is 776. The van der Waals surface area contributed by atoms with Crippen LogP contribution in [0, 0.1) is 5.92 Å². The summed E-state index contributed by atoms with van der Waals surface area (Å²) in [7, 11) is 0. The maximum atomic E-state index is 12.4. The molecule has 132 valence electrons. The van der Waals surface area contributed by atoms with Gasteiger partial charge in [0.15, 0.2) is 0 Å². The average Bonchev–Trinajstić information content (AvgIpc) is 3.34. The van der Waals surface area contributed by atoms with Gasteiger partial charge in [-0.1, -0.05) is 31.0 Å². The lowest BCUT2D eigenvalue weighted by molar-refractivity contribution is -0.130. The summed E-state index contributed by atoms with van der Waals surface area (Å²) in [5, 5.41) is 4.23. The van der Waals surface area contributed by atoms with Crippen LogP contribution in [0.1, 0.15) is 32.1 Å². The highest BCUT2D eigenvalue weighted by molar-refractivity contribution is 5.89. The van der Waals surface area contributed by atoms with E-state index in [1.54, 1.807) is 0 Å². The van der Waals surface area contributed by atoms with Gasteiger partial charge in [0, 0.05) is 43.8 Å². The van der Waals surface area contributed by atoms with Gasteiger partial charge < -0.3 is 14.8 Å². The fourth-order valence-electron chi connectivity index (χ4n) is 4.26. The smallest absolute Gasteiger partial charge is 0.225 e. The summed E-state index contributed by atoms with van der Waals surface area (Å²) in [4.78, 5) is 26.6. The Hall–Kier alpha value is -2.30. The Morgan fingerprint density at radius 1 is 1.16 bits per heavy atom. The summed E-state index contributed by atoms with van der Waals surface area (Å²) in [6.45, 7) is 1.93. The van der Waals surface area contributed by atoms with E-state index in [0.717, 1.165) is 19.4 Å². The fraction of sp³-hybridized carbons (Fsp3) is 0.500. The quantitative estimate of drug-likeness (QED) is 0.910. The largest absolute Gasteiger partial charge is 0.354 e. The summed E-state index contributed by atoms with van der Waals surface area (Å²) in [6.07, 6.45) is 7.03. The maximum absolute atomic E-state index is 12.4. The van der Waals surface area contributed by atoms with E-state index in [1.807, 2.05) is 17.0 Å². The molecule has 1 aliphatic carbocycles. The SMILES string of the molecule is O=C(NCCn1ccc2ccccc21)C1CC(=O)N(C2CCCC2)C1. The third kappa shape index (κ3) is 3.28. The molecule has 1 aromatic heterocycles. The lowest BCUT2D eigenvalue weighted by Gasteiger charge is -2.23. The number of para-hydroxylation sites is 1. The van der Waals surface area contributed by atoms with E-state index in [9.17, 15) is 9.59 Å². The summed E-state index contributed by atoms with van der Waals surface area (Å²) in [5.74, 6) is -0.0109. The van der Waals surface area contributed by atoms with E-state index >= 15 is 0 Å². The van der Waals surface area contributed by atoms with Gasteiger partial charge in [-0.2, -0.15) is 0 Å². The van der Waals surface area contributed by atoms with Crippen LogP contribution < -0.4 is 5.32 Å². The molecular formula is C20H25N3O2. The Balaban J connectivity index is 1.30. The van der Waals surface area contributed by atoms with Crippen LogP contribution in [0.5, 0.6) is 0 Å². The van der Waals surface area contributed by atoms with Crippen molar-refractivity contribution in [2.45, 2.75) is 44.7 Å². The predicted molar refractivity (Wildman–Crippen MR) is 97.0 cm³/mol. The van der Waals surface area contributed by atoms with Gasteiger partial charge >= 0.3 is 0 Å². The Morgan fingerprint density at radius 2 is 1.96 bits per heavy atom. The monoisotopic (exact) mass is 339 g/mol. The lowest BCUT2D eigenvalue weighted by atomic mass is 10.1. The second kappa shape index (κ2) is 6.90. The first-order chi connectivity index (χ1) is 12.2. The molecule has 0 spiro atoms. The molecule has 1 saturated heterocycles. The number of amides is 2. The van der Waals surface area contributed by atoms with E-state index < -0.39 is 0 Å². The molecule has 1 atom stereocenters. The van der Waals surface area contributed by atoms with E-state index in [2.05, 4.69) is 34.3 Å². The van der Waals surface area contributed by atoms with E-state index in [1.165, 1.54) is 23.7 Å². The van der Waals surface area contributed by atoms with Gasteiger partial charge in [0.2, 0.25) is 11.8 Å². The maximum Gasteiger partial charge on any atom is 0.225 e. The van der Waals surface area contributed by atoms with Crippen LogP contribution in [0.4, 0.5) is 0 Å². The molecule has 25 heavy (non-hydrogen) atoms. The van der Waals surface area contributed by atoms with Gasteiger partial charge in [0.1, 0.15) is 0 Å².